The number of rotatable bonds is 8. The molecular formula is C20H19F2NO5S. The van der Waals surface area contributed by atoms with Crippen LogP contribution < -0.4 is 14.8 Å². The minimum absolute atomic E-state index is 0.00174. The molecule has 0 aliphatic carbocycles. The SMILES string of the molecule is O=C(COC(=O)c1ccccc1SC(F)F)NCCc1ccc2c(c1)OCCO2. The fourth-order valence-corrected chi connectivity index (χ4v) is 3.31. The molecule has 154 valence electrons. The van der Waals surface area contributed by atoms with Gasteiger partial charge in [0.05, 0.1) is 5.56 Å². The molecule has 0 spiro atoms. The Labute approximate surface area is 170 Å². The zero-order valence-corrected chi connectivity index (χ0v) is 16.2. The van der Waals surface area contributed by atoms with Gasteiger partial charge in [0.25, 0.3) is 11.7 Å². The molecule has 0 unspecified atom stereocenters. The lowest BCUT2D eigenvalue weighted by atomic mass is 10.1. The number of fused-ring (bicyclic) bond motifs is 1. The van der Waals surface area contributed by atoms with Crippen molar-refractivity contribution < 1.29 is 32.6 Å². The third-order valence-corrected chi connectivity index (χ3v) is 4.79. The van der Waals surface area contributed by atoms with Crippen molar-refractivity contribution in [2.45, 2.75) is 17.1 Å². The largest absolute Gasteiger partial charge is 0.486 e. The quantitative estimate of drug-likeness (QED) is 0.519. The van der Waals surface area contributed by atoms with Gasteiger partial charge in [-0.25, -0.2) is 4.79 Å². The number of amides is 1. The molecule has 3 rings (SSSR count). The minimum atomic E-state index is -2.66. The number of nitrogens with one attached hydrogen (secondary N) is 1. The molecule has 29 heavy (non-hydrogen) atoms. The zero-order chi connectivity index (χ0) is 20.6. The molecule has 1 amide bonds. The van der Waals surface area contributed by atoms with Crippen LogP contribution in [0.25, 0.3) is 0 Å². The van der Waals surface area contributed by atoms with Gasteiger partial charge in [-0.15, -0.1) is 0 Å². The van der Waals surface area contributed by atoms with Gasteiger partial charge in [0.15, 0.2) is 18.1 Å². The van der Waals surface area contributed by atoms with Gasteiger partial charge in [-0.1, -0.05) is 30.0 Å². The maximum absolute atomic E-state index is 12.6. The fraction of sp³-hybridized carbons (Fsp3) is 0.300. The summed E-state index contributed by atoms with van der Waals surface area (Å²) in [5, 5.41) is 2.65. The first-order valence-electron chi connectivity index (χ1n) is 8.89. The second kappa shape index (κ2) is 10.1. The van der Waals surface area contributed by atoms with Crippen molar-refractivity contribution in [3.63, 3.8) is 0 Å². The topological polar surface area (TPSA) is 73.9 Å². The molecule has 2 aromatic carbocycles. The number of hydrogen-bond donors (Lipinski definition) is 1. The summed E-state index contributed by atoms with van der Waals surface area (Å²) in [6.45, 7) is 0.866. The van der Waals surface area contributed by atoms with Gasteiger partial charge < -0.3 is 19.5 Å². The van der Waals surface area contributed by atoms with Crippen molar-refractivity contribution in [3.8, 4) is 11.5 Å². The van der Waals surface area contributed by atoms with E-state index in [2.05, 4.69) is 5.32 Å². The first-order valence-corrected chi connectivity index (χ1v) is 9.77. The van der Waals surface area contributed by atoms with E-state index < -0.39 is 24.2 Å². The van der Waals surface area contributed by atoms with Crippen LogP contribution in [0, 0.1) is 0 Å². The van der Waals surface area contributed by atoms with E-state index >= 15 is 0 Å². The highest BCUT2D eigenvalue weighted by Crippen LogP contribution is 2.31. The molecule has 1 heterocycles. The molecule has 2 aromatic rings. The smallest absolute Gasteiger partial charge is 0.339 e. The Bertz CT molecular complexity index is 878. The van der Waals surface area contributed by atoms with E-state index in [-0.39, 0.29) is 22.2 Å². The molecule has 6 nitrogen and oxygen atoms in total. The third kappa shape index (κ3) is 6.08. The van der Waals surface area contributed by atoms with E-state index in [0.29, 0.717) is 37.7 Å². The maximum atomic E-state index is 12.6. The van der Waals surface area contributed by atoms with Crippen LogP contribution in [0.5, 0.6) is 11.5 Å². The van der Waals surface area contributed by atoms with Crippen molar-refractivity contribution in [1.82, 2.24) is 5.32 Å². The summed E-state index contributed by atoms with van der Waals surface area (Å²) in [6.07, 6.45) is 0.560. The molecule has 0 saturated heterocycles. The number of alkyl halides is 2. The average molecular weight is 423 g/mol. The van der Waals surface area contributed by atoms with Crippen LogP contribution in [0.3, 0.4) is 0 Å². The van der Waals surface area contributed by atoms with Crippen LogP contribution in [0.1, 0.15) is 15.9 Å². The molecule has 0 saturated carbocycles. The van der Waals surface area contributed by atoms with E-state index in [4.69, 9.17) is 14.2 Å². The minimum Gasteiger partial charge on any atom is -0.486 e. The first kappa shape index (κ1) is 20.9. The molecule has 0 aromatic heterocycles. The summed E-state index contributed by atoms with van der Waals surface area (Å²) >= 11 is 0.255. The summed E-state index contributed by atoms with van der Waals surface area (Å²) in [6, 6.07) is 11.4. The fourth-order valence-electron chi connectivity index (χ4n) is 2.68. The summed E-state index contributed by atoms with van der Waals surface area (Å²) in [5.41, 5.74) is 0.964. The monoisotopic (exact) mass is 423 g/mol. The Morgan fingerprint density at radius 1 is 1.10 bits per heavy atom. The summed E-state index contributed by atoms with van der Waals surface area (Å²) < 4.78 is 41.1. The highest BCUT2D eigenvalue weighted by molar-refractivity contribution is 7.99. The number of benzene rings is 2. The lowest BCUT2D eigenvalue weighted by Crippen LogP contribution is -2.30. The van der Waals surface area contributed by atoms with Crippen LogP contribution in [0.15, 0.2) is 47.4 Å². The van der Waals surface area contributed by atoms with Crippen molar-refractivity contribution in [3.05, 3.63) is 53.6 Å². The van der Waals surface area contributed by atoms with Crippen molar-refractivity contribution in [2.24, 2.45) is 0 Å². The Hall–Kier alpha value is -2.81. The maximum Gasteiger partial charge on any atom is 0.339 e. The van der Waals surface area contributed by atoms with E-state index in [1.54, 1.807) is 12.1 Å². The second-order valence-electron chi connectivity index (χ2n) is 6.03. The number of hydrogen-bond acceptors (Lipinski definition) is 6. The van der Waals surface area contributed by atoms with Crippen LogP contribution in [-0.2, 0) is 16.0 Å². The van der Waals surface area contributed by atoms with Crippen LogP contribution in [0.2, 0.25) is 0 Å². The first-order chi connectivity index (χ1) is 14.0. The number of carbonyl (C=O) groups is 2. The lowest BCUT2D eigenvalue weighted by molar-refractivity contribution is -0.124. The number of ether oxygens (including phenoxy) is 3. The van der Waals surface area contributed by atoms with Gasteiger partial charge in [0.2, 0.25) is 0 Å². The summed E-state index contributed by atoms with van der Waals surface area (Å²) in [4.78, 5) is 24.1. The van der Waals surface area contributed by atoms with Gasteiger partial charge in [0, 0.05) is 11.4 Å². The molecule has 0 radical (unpaired) electrons. The molecule has 0 bridgehead atoms. The van der Waals surface area contributed by atoms with Gasteiger partial charge in [0.1, 0.15) is 13.2 Å². The summed E-state index contributed by atoms with van der Waals surface area (Å²) in [5.74, 6) is -2.59. The lowest BCUT2D eigenvalue weighted by Gasteiger charge is -2.18. The highest BCUT2D eigenvalue weighted by atomic mass is 32.2. The number of thioether (sulfide) groups is 1. The highest BCUT2D eigenvalue weighted by Gasteiger charge is 2.17. The summed E-state index contributed by atoms with van der Waals surface area (Å²) in [7, 11) is 0. The Balaban J connectivity index is 1.44. The predicted octanol–water partition coefficient (Wildman–Crippen LogP) is 3.29. The molecule has 1 N–H and O–H groups in total. The van der Waals surface area contributed by atoms with Gasteiger partial charge >= 0.3 is 5.97 Å². The van der Waals surface area contributed by atoms with E-state index in [9.17, 15) is 18.4 Å². The van der Waals surface area contributed by atoms with E-state index in [1.807, 2.05) is 18.2 Å². The third-order valence-electron chi connectivity index (χ3n) is 4.00. The average Bonchev–Trinajstić information content (AvgIpc) is 2.72. The molecule has 1 aliphatic rings. The van der Waals surface area contributed by atoms with Crippen molar-refractivity contribution in [1.29, 1.82) is 0 Å². The Morgan fingerprint density at radius 2 is 1.86 bits per heavy atom. The Morgan fingerprint density at radius 3 is 2.66 bits per heavy atom. The van der Waals surface area contributed by atoms with Gasteiger partial charge in [-0.2, -0.15) is 8.78 Å². The number of halogens is 2. The predicted molar refractivity (Wildman–Crippen MR) is 103 cm³/mol. The zero-order valence-electron chi connectivity index (χ0n) is 15.4. The second-order valence-corrected chi connectivity index (χ2v) is 7.06. The Kier molecular flexibility index (Phi) is 7.29. The van der Waals surface area contributed by atoms with Crippen LogP contribution in [0.4, 0.5) is 8.78 Å². The molecule has 1 aliphatic heterocycles. The van der Waals surface area contributed by atoms with Crippen LogP contribution in [-0.4, -0.2) is 44.0 Å². The van der Waals surface area contributed by atoms with Crippen LogP contribution >= 0.6 is 11.8 Å². The number of carbonyl (C=O) groups excluding carboxylic acids is 2. The standard InChI is InChI=1S/C20H19F2NO5S/c21-20(22)29-17-4-2-1-3-14(17)19(25)28-12-18(24)23-8-7-13-5-6-15-16(11-13)27-10-9-26-15/h1-6,11,20H,7-10,12H2,(H,23,24). The number of esters is 1. The van der Waals surface area contributed by atoms with E-state index in [0.717, 1.165) is 5.56 Å². The van der Waals surface area contributed by atoms with Gasteiger partial charge in [-0.05, 0) is 36.2 Å². The van der Waals surface area contributed by atoms with Gasteiger partial charge in [-0.3, -0.25) is 4.79 Å². The van der Waals surface area contributed by atoms with E-state index in [1.165, 1.54) is 12.1 Å². The van der Waals surface area contributed by atoms with Crippen molar-refractivity contribution in [2.75, 3.05) is 26.4 Å². The molecule has 0 atom stereocenters. The molecule has 0 fully saturated rings. The normalized spacial score (nSPS) is 12.5. The molecule has 9 heteroatoms. The van der Waals surface area contributed by atoms with Crippen molar-refractivity contribution >= 4 is 23.6 Å². The molecular weight excluding hydrogens is 404 g/mol.